The molecule has 146 valence electrons. The van der Waals surface area contributed by atoms with Crippen molar-refractivity contribution in [3.8, 4) is 0 Å². The van der Waals surface area contributed by atoms with Gasteiger partial charge in [-0.1, -0.05) is 12.2 Å². The number of pyridine rings is 1. The summed E-state index contributed by atoms with van der Waals surface area (Å²) in [4.78, 5) is 32.9. The minimum absolute atomic E-state index is 0.243. The van der Waals surface area contributed by atoms with Gasteiger partial charge in [-0.2, -0.15) is 5.10 Å². The number of nitrogens with two attached hydrogens (primary N) is 2. The molecular weight excluding hydrogens is 360 g/mol. The predicted octanol–water partition coefficient (Wildman–Crippen LogP) is 0.822. The Balaban J connectivity index is 2.02. The standard InChI is InChI=1S/C18H22N8O2/c1-3-26-14(8-11(2)24-26)17(28)23-18-22-13-9-12(15(20)27)10-21-16(13)25(18)7-5-4-6-19/h4-5,8-10H,3,6-7,19H2,1-2H3,(H2,20,27)(H,22,23,28)/b5-4+. The first-order valence-corrected chi connectivity index (χ1v) is 8.81. The molecule has 0 fully saturated rings. The third-order valence-electron chi connectivity index (χ3n) is 4.12. The number of hydrogen-bond acceptors (Lipinski definition) is 6. The van der Waals surface area contributed by atoms with Crippen LogP contribution in [0.4, 0.5) is 5.95 Å². The molecule has 3 aromatic heterocycles. The van der Waals surface area contributed by atoms with Crippen molar-refractivity contribution in [2.24, 2.45) is 11.5 Å². The lowest BCUT2D eigenvalue weighted by Crippen LogP contribution is -2.20. The Labute approximate surface area is 161 Å². The fourth-order valence-corrected chi connectivity index (χ4v) is 2.83. The largest absolute Gasteiger partial charge is 0.366 e. The molecule has 28 heavy (non-hydrogen) atoms. The van der Waals surface area contributed by atoms with Crippen LogP contribution in [0.25, 0.3) is 11.2 Å². The number of aromatic nitrogens is 5. The molecule has 3 aromatic rings. The smallest absolute Gasteiger partial charge is 0.276 e. The van der Waals surface area contributed by atoms with E-state index in [2.05, 4.69) is 20.4 Å². The van der Waals surface area contributed by atoms with E-state index in [1.165, 1.54) is 6.20 Å². The van der Waals surface area contributed by atoms with E-state index < -0.39 is 5.91 Å². The first-order chi connectivity index (χ1) is 13.4. The summed E-state index contributed by atoms with van der Waals surface area (Å²) in [5.74, 6) is -0.630. The summed E-state index contributed by atoms with van der Waals surface area (Å²) in [5, 5.41) is 7.10. The molecule has 3 rings (SSSR count). The molecule has 5 N–H and O–H groups in total. The molecule has 0 spiro atoms. The maximum atomic E-state index is 12.8. The number of primary amides is 1. The van der Waals surface area contributed by atoms with E-state index in [0.717, 1.165) is 5.69 Å². The monoisotopic (exact) mass is 382 g/mol. The maximum absolute atomic E-state index is 12.8. The highest BCUT2D eigenvalue weighted by atomic mass is 16.2. The first-order valence-electron chi connectivity index (χ1n) is 8.81. The normalized spacial score (nSPS) is 11.4. The average molecular weight is 382 g/mol. The van der Waals surface area contributed by atoms with Crippen molar-refractivity contribution in [1.29, 1.82) is 0 Å². The highest BCUT2D eigenvalue weighted by Gasteiger charge is 2.19. The molecular formula is C18H22N8O2. The number of hydrogen-bond donors (Lipinski definition) is 3. The van der Waals surface area contributed by atoms with Gasteiger partial charge in [-0.05, 0) is 26.0 Å². The van der Waals surface area contributed by atoms with Crippen molar-refractivity contribution in [2.75, 3.05) is 11.9 Å². The second-order valence-electron chi connectivity index (χ2n) is 6.12. The second-order valence-corrected chi connectivity index (χ2v) is 6.12. The number of nitrogens with zero attached hydrogens (tertiary/aromatic N) is 5. The first kappa shape index (κ1) is 19.2. The van der Waals surface area contributed by atoms with Gasteiger partial charge in [-0.3, -0.25) is 24.2 Å². The second kappa shape index (κ2) is 8.01. The van der Waals surface area contributed by atoms with Crippen LogP contribution in [0.1, 0.15) is 33.5 Å². The minimum Gasteiger partial charge on any atom is -0.366 e. The van der Waals surface area contributed by atoms with Crippen LogP contribution in [0.3, 0.4) is 0 Å². The average Bonchev–Trinajstić information content (AvgIpc) is 3.21. The number of fused-ring (bicyclic) bond motifs is 1. The van der Waals surface area contributed by atoms with Crippen LogP contribution >= 0.6 is 0 Å². The molecule has 0 aromatic carbocycles. The molecule has 0 aliphatic rings. The van der Waals surface area contributed by atoms with Crippen molar-refractivity contribution in [3.05, 3.63) is 47.4 Å². The van der Waals surface area contributed by atoms with Crippen LogP contribution in [-0.4, -0.2) is 42.7 Å². The summed E-state index contributed by atoms with van der Waals surface area (Å²) in [6.45, 7) is 5.09. The van der Waals surface area contributed by atoms with Gasteiger partial charge in [0.15, 0.2) is 5.65 Å². The van der Waals surface area contributed by atoms with Gasteiger partial charge in [0, 0.05) is 25.8 Å². The fraction of sp³-hybridized carbons (Fsp3) is 0.278. The lowest BCUT2D eigenvalue weighted by molar-refractivity contribution is 0.0995. The third-order valence-corrected chi connectivity index (χ3v) is 4.12. The highest BCUT2D eigenvalue weighted by molar-refractivity contribution is 6.03. The Hall–Kier alpha value is -3.53. The Kier molecular flexibility index (Phi) is 5.50. The minimum atomic E-state index is -0.597. The predicted molar refractivity (Wildman–Crippen MR) is 105 cm³/mol. The molecule has 10 heteroatoms. The number of nitrogens with one attached hydrogen (secondary N) is 1. The summed E-state index contributed by atoms with van der Waals surface area (Å²) in [7, 11) is 0. The number of rotatable bonds is 7. The molecule has 0 radical (unpaired) electrons. The number of anilines is 1. The molecule has 0 saturated heterocycles. The van der Waals surface area contributed by atoms with Gasteiger partial charge in [0.1, 0.15) is 11.2 Å². The Morgan fingerprint density at radius 3 is 2.75 bits per heavy atom. The number of imidazole rings is 1. The van der Waals surface area contributed by atoms with Crippen molar-refractivity contribution >= 4 is 28.9 Å². The third kappa shape index (κ3) is 3.76. The Bertz CT molecular complexity index is 1060. The van der Waals surface area contributed by atoms with E-state index in [0.29, 0.717) is 42.4 Å². The summed E-state index contributed by atoms with van der Waals surface area (Å²) >= 11 is 0. The Morgan fingerprint density at radius 2 is 2.07 bits per heavy atom. The number of amides is 2. The van der Waals surface area contributed by atoms with Crippen LogP contribution in [-0.2, 0) is 13.1 Å². The van der Waals surface area contributed by atoms with Gasteiger partial charge in [0.25, 0.3) is 5.91 Å². The van der Waals surface area contributed by atoms with E-state index >= 15 is 0 Å². The summed E-state index contributed by atoms with van der Waals surface area (Å²) in [5.41, 5.74) is 13.2. The van der Waals surface area contributed by atoms with Crippen LogP contribution in [0.15, 0.2) is 30.5 Å². The van der Waals surface area contributed by atoms with Gasteiger partial charge in [-0.15, -0.1) is 0 Å². The summed E-state index contributed by atoms with van der Waals surface area (Å²) in [6.07, 6.45) is 5.03. The van der Waals surface area contributed by atoms with Gasteiger partial charge in [-0.25, -0.2) is 9.97 Å². The molecule has 0 bridgehead atoms. The van der Waals surface area contributed by atoms with Crippen molar-refractivity contribution in [1.82, 2.24) is 24.3 Å². The molecule has 0 aliphatic heterocycles. The number of aryl methyl sites for hydroxylation is 2. The Morgan fingerprint density at radius 1 is 1.29 bits per heavy atom. The van der Waals surface area contributed by atoms with Crippen LogP contribution < -0.4 is 16.8 Å². The van der Waals surface area contributed by atoms with Crippen molar-refractivity contribution in [3.63, 3.8) is 0 Å². The molecule has 3 heterocycles. The molecule has 10 nitrogen and oxygen atoms in total. The molecule has 0 aliphatic carbocycles. The van der Waals surface area contributed by atoms with E-state index in [1.807, 2.05) is 19.9 Å². The maximum Gasteiger partial charge on any atom is 0.276 e. The van der Waals surface area contributed by atoms with Gasteiger partial charge in [0.2, 0.25) is 11.9 Å². The molecule has 0 saturated carbocycles. The van der Waals surface area contributed by atoms with Crippen LogP contribution in [0.5, 0.6) is 0 Å². The SMILES string of the molecule is CCn1nc(C)cc1C(=O)Nc1nc2cc(C(N)=O)cnc2n1C/C=C/CN. The van der Waals surface area contributed by atoms with E-state index in [4.69, 9.17) is 11.5 Å². The number of allylic oxidation sites excluding steroid dienone is 1. The molecule has 0 atom stereocenters. The summed E-state index contributed by atoms with van der Waals surface area (Å²) < 4.78 is 3.35. The highest BCUT2D eigenvalue weighted by Crippen LogP contribution is 2.20. The van der Waals surface area contributed by atoms with E-state index in [1.54, 1.807) is 27.5 Å². The lowest BCUT2D eigenvalue weighted by Gasteiger charge is -2.08. The topological polar surface area (TPSA) is 147 Å². The molecule has 0 unspecified atom stereocenters. The van der Waals surface area contributed by atoms with Crippen LogP contribution in [0, 0.1) is 6.92 Å². The van der Waals surface area contributed by atoms with Gasteiger partial charge < -0.3 is 11.5 Å². The van der Waals surface area contributed by atoms with Crippen LogP contribution in [0.2, 0.25) is 0 Å². The number of carbonyl (C=O) groups excluding carboxylic acids is 2. The zero-order chi connectivity index (χ0) is 20.3. The fourth-order valence-electron chi connectivity index (χ4n) is 2.83. The lowest BCUT2D eigenvalue weighted by atomic mass is 10.2. The van der Waals surface area contributed by atoms with Gasteiger partial charge in [0.05, 0.1) is 11.3 Å². The van der Waals surface area contributed by atoms with E-state index in [-0.39, 0.29) is 11.5 Å². The van der Waals surface area contributed by atoms with E-state index in [9.17, 15) is 9.59 Å². The number of carbonyl (C=O) groups is 2. The quantitative estimate of drug-likeness (QED) is 0.516. The summed E-state index contributed by atoms with van der Waals surface area (Å²) in [6, 6.07) is 3.26. The van der Waals surface area contributed by atoms with Crippen molar-refractivity contribution < 1.29 is 9.59 Å². The molecule has 2 amide bonds. The van der Waals surface area contributed by atoms with Gasteiger partial charge >= 0.3 is 0 Å². The zero-order valence-corrected chi connectivity index (χ0v) is 15.7. The van der Waals surface area contributed by atoms with Crippen molar-refractivity contribution in [2.45, 2.75) is 26.9 Å². The zero-order valence-electron chi connectivity index (χ0n) is 15.7.